The highest BCUT2D eigenvalue weighted by molar-refractivity contribution is 6.31. The lowest BCUT2D eigenvalue weighted by atomic mass is 9.72. The molecule has 2 aliphatic rings. The Balaban J connectivity index is 0.00000272. The minimum absolute atomic E-state index is 0. The van der Waals surface area contributed by atoms with Gasteiger partial charge in [-0.3, -0.25) is 14.4 Å². The van der Waals surface area contributed by atoms with Gasteiger partial charge in [0.05, 0.1) is 29.9 Å². The molecule has 2 aliphatic carbocycles. The number of phenolic OH excluding ortho intramolecular Hbond substituents is 2. The molecule has 0 heterocycles. The second-order valence-electron chi connectivity index (χ2n) is 7.39. The van der Waals surface area contributed by atoms with Gasteiger partial charge in [-0.15, -0.1) is 12.4 Å². The Kier molecular flexibility index (Phi) is 5.57. The number of rotatable bonds is 3. The van der Waals surface area contributed by atoms with Gasteiger partial charge in [0.15, 0.2) is 11.6 Å². The van der Waals surface area contributed by atoms with Crippen LogP contribution in [0.25, 0.3) is 0 Å². The number of ether oxygens (including phenoxy) is 1. The fourth-order valence-electron chi connectivity index (χ4n) is 4.30. The number of aliphatic hydroxyl groups is 3. The van der Waals surface area contributed by atoms with Gasteiger partial charge in [-0.05, 0) is 6.07 Å². The minimum Gasteiger partial charge on any atom is -0.507 e. The van der Waals surface area contributed by atoms with Gasteiger partial charge in [0.2, 0.25) is 5.78 Å². The minimum atomic E-state index is -2.21. The third-order valence-corrected chi connectivity index (χ3v) is 5.76. The normalized spacial score (nSPS) is 21.5. The first-order chi connectivity index (χ1) is 14.2. The van der Waals surface area contributed by atoms with Crippen LogP contribution in [0.5, 0.6) is 17.2 Å². The van der Waals surface area contributed by atoms with E-state index < -0.39 is 71.1 Å². The van der Waals surface area contributed by atoms with E-state index in [-0.39, 0.29) is 40.4 Å². The molecule has 4 rings (SSSR count). The number of methoxy groups -OCH3 is 1. The van der Waals surface area contributed by atoms with Gasteiger partial charge in [-0.25, -0.2) is 0 Å². The lowest BCUT2D eigenvalue weighted by Crippen LogP contribution is -2.47. The largest absolute Gasteiger partial charge is 0.507 e. The van der Waals surface area contributed by atoms with Crippen LogP contribution in [0.4, 0.5) is 0 Å². The van der Waals surface area contributed by atoms with Crippen molar-refractivity contribution < 1.29 is 44.7 Å². The van der Waals surface area contributed by atoms with Crippen molar-refractivity contribution in [3.8, 4) is 17.2 Å². The maximum atomic E-state index is 13.2. The van der Waals surface area contributed by atoms with E-state index in [0.717, 1.165) is 0 Å². The molecule has 0 aliphatic heterocycles. The van der Waals surface area contributed by atoms with Crippen LogP contribution in [-0.2, 0) is 11.2 Å². The first-order valence-electron chi connectivity index (χ1n) is 9.08. The average molecular weight is 451 g/mol. The number of Topliss-reactive ketones (excluding diaryl/α,β-unsaturated/α-hetero) is 1. The SMILES string of the molecule is COc1cccc2c1C(=O)c1c(O)c3c(c(O)c1C2=O)C[C@@](O)(C(=O)CO)C[C@@H]3O.Cl. The van der Waals surface area contributed by atoms with Crippen LogP contribution >= 0.6 is 12.4 Å². The Labute approximate surface area is 181 Å². The van der Waals surface area contributed by atoms with Gasteiger partial charge in [0.25, 0.3) is 0 Å². The van der Waals surface area contributed by atoms with Crippen LogP contribution < -0.4 is 4.74 Å². The molecule has 0 fully saturated rings. The molecule has 0 saturated heterocycles. The zero-order valence-electron chi connectivity index (χ0n) is 16.2. The number of phenols is 2. The van der Waals surface area contributed by atoms with Gasteiger partial charge in [-0.2, -0.15) is 0 Å². The summed E-state index contributed by atoms with van der Waals surface area (Å²) in [5.41, 5.74) is -3.77. The second-order valence-corrected chi connectivity index (χ2v) is 7.39. The van der Waals surface area contributed by atoms with Gasteiger partial charge < -0.3 is 30.3 Å². The molecule has 9 nitrogen and oxygen atoms in total. The van der Waals surface area contributed by atoms with Gasteiger partial charge in [0.1, 0.15) is 29.5 Å². The van der Waals surface area contributed by atoms with Crippen molar-refractivity contribution in [3.05, 3.63) is 51.6 Å². The van der Waals surface area contributed by atoms with E-state index in [0.29, 0.717) is 0 Å². The first-order valence-corrected chi connectivity index (χ1v) is 9.08. The first kappa shape index (κ1) is 22.7. The Hall–Kier alpha value is -2.98. The van der Waals surface area contributed by atoms with E-state index in [2.05, 4.69) is 0 Å². The van der Waals surface area contributed by atoms with Gasteiger partial charge in [-0.1, -0.05) is 12.1 Å². The fourth-order valence-corrected chi connectivity index (χ4v) is 4.30. The third-order valence-electron chi connectivity index (χ3n) is 5.76. The summed E-state index contributed by atoms with van der Waals surface area (Å²) in [7, 11) is 1.32. The number of fused-ring (bicyclic) bond motifs is 3. The van der Waals surface area contributed by atoms with E-state index >= 15 is 0 Å². The molecule has 2 aromatic carbocycles. The van der Waals surface area contributed by atoms with Crippen molar-refractivity contribution in [2.75, 3.05) is 13.7 Å². The molecule has 0 bridgehead atoms. The zero-order valence-corrected chi connectivity index (χ0v) is 17.0. The maximum Gasteiger partial charge on any atom is 0.202 e. The molecule has 10 heteroatoms. The molecule has 0 aromatic heterocycles. The standard InChI is InChI=1S/C21H18O9.ClH/c1-30-11-4-2-3-8-14(11)20(28)16-15(17(8)25)18(26)9-5-21(29,12(24)7-22)6-10(23)13(9)19(16)27;/h2-4,10,22-23,26-27,29H,5-7H2,1H3;1H/t10-,21-;/m0./s1. The van der Waals surface area contributed by atoms with E-state index in [1.54, 1.807) is 0 Å². The highest BCUT2D eigenvalue weighted by Crippen LogP contribution is 2.50. The third kappa shape index (κ3) is 3.01. The topological polar surface area (TPSA) is 162 Å². The molecular weight excluding hydrogens is 432 g/mol. The van der Waals surface area contributed by atoms with E-state index in [9.17, 15) is 34.8 Å². The lowest BCUT2D eigenvalue weighted by Gasteiger charge is -2.36. The Morgan fingerprint density at radius 1 is 1.13 bits per heavy atom. The number of hydrogen-bond donors (Lipinski definition) is 5. The van der Waals surface area contributed by atoms with Crippen LogP contribution in [0, 0.1) is 0 Å². The molecule has 0 amide bonds. The summed E-state index contributed by atoms with van der Waals surface area (Å²) in [6.45, 7) is -0.999. The van der Waals surface area contributed by atoms with Crippen molar-refractivity contribution >= 4 is 29.8 Å². The smallest absolute Gasteiger partial charge is 0.202 e. The number of benzene rings is 2. The Morgan fingerprint density at radius 3 is 2.39 bits per heavy atom. The summed E-state index contributed by atoms with van der Waals surface area (Å²) in [4.78, 5) is 38.3. The van der Waals surface area contributed by atoms with E-state index in [1.165, 1.54) is 25.3 Å². The van der Waals surface area contributed by atoms with Crippen LogP contribution in [0.15, 0.2) is 18.2 Å². The van der Waals surface area contributed by atoms with E-state index in [4.69, 9.17) is 9.84 Å². The van der Waals surface area contributed by atoms with Crippen LogP contribution in [0.2, 0.25) is 0 Å². The molecule has 0 saturated carbocycles. The molecule has 31 heavy (non-hydrogen) atoms. The summed E-state index contributed by atoms with van der Waals surface area (Å²) in [6, 6.07) is 4.34. The number of aromatic hydroxyl groups is 2. The number of carbonyl (C=O) groups is 3. The summed E-state index contributed by atoms with van der Waals surface area (Å²) in [6.07, 6.45) is -2.75. The van der Waals surface area contributed by atoms with Crippen molar-refractivity contribution in [1.82, 2.24) is 0 Å². The number of ketones is 3. The molecule has 0 spiro atoms. The lowest BCUT2D eigenvalue weighted by molar-refractivity contribution is -0.145. The van der Waals surface area contributed by atoms with Gasteiger partial charge in [0, 0.05) is 29.5 Å². The molecule has 2 aromatic rings. The van der Waals surface area contributed by atoms with Crippen LogP contribution in [0.1, 0.15) is 55.5 Å². The van der Waals surface area contributed by atoms with E-state index in [1.807, 2.05) is 0 Å². The van der Waals surface area contributed by atoms with Crippen molar-refractivity contribution in [1.29, 1.82) is 0 Å². The summed E-state index contributed by atoms with van der Waals surface area (Å²) < 4.78 is 5.16. The van der Waals surface area contributed by atoms with Crippen molar-refractivity contribution in [2.24, 2.45) is 0 Å². The second kappa shape index (κ2) is 7.61. The number of hydrogen-bond acceptors (Lipinski definition) is 9. The predicted octanol–water partition coefficient (Wildman–Crippen LogP) is 0.576. The maximum absolute atomic E-state index is 13.2. The quantitative estimate of drug-likeness (QED) is 0.359. The summed E-state index contributed by atoms with van der Waals surface area (Å²) in [5.74, 6) is -3.83. The highest BCUT2D eigenvalue weighted by atomic mass is 35.5. The number of aliphatic hydroxyl groups excluding tert-OH is 2. The average Bonchev–Trinajstić information content (AvgIpc) is 2.72. The Bertz CT molecular complexity index is 1140. The highest BCUT2D eigenvalue weighted by Gasteiger charge is 2.48. The summed E-state index contributed by atoms with van der Waals surface area (Å²) in [5, 5.41) is 51.9. The molecule has 0 radical (unpaired) electrons. The van der Waals surface area contributed by atoms with Gasteiger partial charge >= 0.3 is 0 Å². The monoisotopic (exact) mass is 450 g/mol. The number of carbonyl (C=O) groups excluding carboxylic acids is 3. The summed E-state index contributed by atoms with van der Waals surface area (Å²) >= 11 is 0. The Morgan fingerprint density at radius 2 is 1.77 bits per heavy atom. The molecule has 5 N–H and O–H groups in total. The molecule has 0 unspecified atom stereocenters. The van der Waals surface area contributed by atoms with Crippen LogP contribution in [0.3, 0.4) is 0 Å². The number of halogens is 1. The molecule has 2 atom stereocenters. The zero-order chi connectivity index (χ0) is 22.0. The van der Waals surface area contributed by atoms with Crippen LogP contribution in [-0.4, -0.2) is 62.2 Å². The molecule has 164 valence electrons. The van der Waals surface area contributed by atoms with Crippen molar-refractivity contribution in [3.63, 3.8) is 0 Å². The molecular formula is C21H19ClO9. The fraction of sp³-hybridized carbons (Fsp3) is 0.286. The predicted molar refractivity (Wildman–Crippen MR) is 107 cm³/mol. The van der Waals surface area contributed by atoms with Crippen molar-refractivity contribution in [2.45, 2.75) is 24.5 Å².